The molecule has 0 aliphatic rings. The number of nitrogens with zero attached hydrogens (tertiary/aromatic N) is 4. The van der Waals surface area contributed by atoms with Crippen LogP contribution >= 0.6 is 11.8 Å². The van der Waals surface area contributed by atoms with Crippen LogP contribution in [0.2, 0.25) is 0 Å². The molecule has 1 aromatic carbocycles. The first kappa shape index (κ1) is 15.4. The Morgan fingerprint density at radius 2 is 2.05 bits per heavy atom. The Morgan fingerprint density at radius 1 is 1.38 bits per heavy atom. The zero-order valence-corrected chi connectivity index (χ0v) is 12.6. The van der Waals surface area contributed by atoms with E-state index in [2.05, 4.69) is 20.8 Å². The summed E-state index contributed by atoms with van der Waals surface area (Å²) >= 11 is 1.19. The van der Waals surface area contributed by atoms with Crippen molar-refractivity contribution < 1.29 is 13.2 Å². The molecule has 0 fully saturated rings. The number of nitrogens with one attached hydrogen (secondary N) is 1. The van der Waals surface area contributed by atoms with Crippen molar-refractivity contribution in [2.45, 2.75) is 10.1 Å². The molecular weight excluding hydrogens is 316 g/mol. The number of nitrogens with two attached hydrogens (primary N) is 1. The van der Waals surface area contributed by atoms with Crippen molar-refractivity contribution >= 4 is 33.4 Å². The van der Waals surface area contributed by atoms with Gasteiger partial charge in [0, 0.05) is 12.7 Å². The van der Waals surface area contributed by atoms with Crippen LogP contribution in [0.15, 0.2) is 34.3 Å². The predicted molar refractivity (Wildman–Crippen MR) is 76.0 cm³/mol. The molecule has 0 bridgehead atoms. The maximum atomic E-state index is 11.7. The summed E-state index contributed by atoms with van der Waals surface area (Å²) in [5, 5.41) is 19.0. The molecule has 2 rings (SSSR count). The van der Waals surface area contributed by atoms with Gasteiger partial charge < -0.3 is 5.32 Å². The fraction of sp³-hybridized carbons (Fsp3) is 0.200. The number of hydrogen-bond donors (Lipinski definition) is 2. The van der Waals surface area contributed by atoms with Crippen LogP contribution in [0.1, 0.15) is 0 Å². The van der Waals surface area contributed by atoms with Gasteiger partial charge in [-0.2, -0.15) is 0 Å². The third-order valence-corrected chi connectivity index (χ3v) is 4.32. The maximum Gasteiger partial charge on any atom is 0.238 e. The highest BCUT2D eigenvalue weighted by atomic mass is 32.2. The van der Waals surface area contributed by atoms with Crippen LogP contribution in [0.3, 0.4) is 0 Å². The maximum absolute atomic E-state index is 11.7. The Labute approximate surface area is 125 Å². The molecule has 0 aliphatic carbocycles. The SMILES string of the molecule is Cn1nnnc1SCC(=O)Nc1ccc(S(N)(=O)=O)cc1. The highest BCUT2D eigenvalue weighted by Crippen LogP contribution is 2.15. The van der Waals surface area contributed by atoms with E-state index in [1.807, 2.05) is 0 Å². The van der Waals surface area contributed by atoms with E-state index in [9.17, 15) is 13.2 Å². The number of thioether (sulfide) groups is 1. The first-order valence-electron chi connectivity index (χ1n) is 5.64. The molecule has 0 saturated heterocycles. The van der Waals surface area contributed by atoms with Gasteiger partial charge >= 0.3 is 0 Å². The predicted octanol–water partition coefficient (Wildman–Crippen LogP) is -0.412. The number of anilines is 1. The van der Waals surface area contributed by atoms with Crippen molar-refractivity contribution in [3.63, 3.8) is 0 Å². The summed E-state index contributed by atoms with van der Waals surface area (Å²) in [5.74, 6) is -0.128. The summed E-state index contributed by atoms with van der Waals surface area (Å²) in [4.78, 5) is 11.7. The van der Waals surface area contributed by atoms with Gasteiger partial charge in [-0.3, -0.25) is 4.79 Å². The lowest BCUT2D eigenvalue weighted by Gasteiger charge is -2.05. The molecule has 3 N–H and O–H groups in total. The largest absolute Gasteiger partial charge is 0.325 e. The molecule has 0 radical (unpaired) electrons. The molecule has 9 nitrogen and oxygen atoms in total. The van der Waals surface area contributed by atoms with Crippen LogP contribution in [0.5, 0.6) is 0 Å². The second-order valence-corrected chi connectivity index (χ2v) is 6.50. The van der Waals surface area contributed by atoms with Gasteiger partial charge in [0.1, 0.15) is 0 Å². The van der Waals surface area contributed by atoms with Gasteiger partial charge in [-0.25, -0.2) is 18.2 Å². The second kappa shape index (κ2) is 6.20. The van der Waals surface area contributed by atoms with E-state index in [0.717, 1.165) is 0 Å². The lowest BCUT2D eigenvalue weighted by atomic mass is 10.3. The normalized spacial score (nSPS) is 11.3. The van der Waals surface area contributed by atoms with Gasteiger partial charge in [-0.1, -0.05) is 11.8 Å². The Balaban J connectivity index is 1.92. The Kier molecular flexibility index (Phi) is 4.55. The smallest absolute Gasteiger partial charge is 0.238 e. The van der Waals surface area contributed by atoms with Crippen molar-refractivity contribution in [2.75, 3.05) is 11.1 Å². The lowest BCUT2D eigenvalue weighted by molar-refractivity contribution is -0.113. The quantitative estimate of drug-likeness (QED) is 0.713. The van der Waals surface area contributed by atoms with Gasteiger partial charge in [0.2, 0.25) is 21.1 Å². The van der Waals surface area contributed by atoms with Gasteiger partial charge in [0.15, 0.2) is 0 Å². The van der Waals surface area contributed by atoms with Crippen molar-refractivity contribution in [3.05, 3.63) is 24.3 Å². The van der Waals surface area contributed by atoms with Crippen LogP contribution in [0.4, 0.5) is 5.69 Å². The number of carbonyl (C=O) groups is 1. The molecule has 0 spiro atoms. The van der Waals surface area contributed by atoms with E-state index >= 15 is 0 Å². The van der Waals surface area contributed by atoms with Crippen molar-refractivity contribution in [1.29, 1.82) is 0 Å². The average Bonchev–Trinajstić information content (AvgIpc) is 2.81. The molecule has 1 heterocycles. The summed E-state index contributed by atoms with van der Waals surface area (Å²) in [6.45, 7) is 0. The minimum absolute atomic E-state index is 0.0139. The number of benzene rings is 1. The van der Waals surface area contributed by atoms with Crippen molar-refractivity contribution in [2.24, 2.45) is 12.2 Å². The van der Waals surface area contributed by atoms with E-state index in [1.54, 1.807) is 7.05 Å². The monoisotopic (exact) mass is 328 g/mol. The van der Waals surface area contributed by atoms with Crippen molar-refractivity contribution in [3.8, 4) is 0 Å². The first-order chi connectivity index (χ1) is 9.86. The highest BCUT2D eigenvalue weighted by Gasteiger charge is 2.10. The van der Waals surface area contributed by atoms with Crippen LogP contribution in [-0.2, 0) is 21.9 Å². The molecule has 1 aromatic heterocycles. The molecule has 112 valence electrons. The summed E-state index contributed by atoms with van der Waals surface area (Å²) in [5.41, 5.74) is 0.476. The first-order valence-corrected chi connectivity index (χ1v) is 8.17. The third kappa shape index (κ3) is 4.24. The number of tetrazole rings is 1. The summed E-state index contributed by atoms with van der Waals surface area (Å²) in [7, 11) is -2.06. The molecular formula is C10H12N6O3S2. The van der Waals surface area contributed by atoms with E-state index in [4.69, 9.17) is 5.14 Å². The van der Waals surface area contributed by atoms with Gasteiger partial charge in [-0.15, -0.1) is 5.10 Å². The molecule has 11 heteroatoms. The molecule has 0 atom stereocenters. The number of rotatable bonds is 5. The Hall–Kier alpha value is -1.98. The van der Waals surface area contributed by atoms with Gasteiger partial charge in [0.05, 0.1) is 10.6 Å². The fourth-order valence-corrected chi connectivity index (χ4v) is 2.56. The van der Waals surface area contributed by atoms with E-state index in [1.165, 1.54) is 40.7 Å². The zero-order chi connectivity index (χ0) is 15.5. The van der Waals surface area contributed by atoms with E-state index in [-0.39, 0.29) is 16.6 Å². The minimum atomic E-state index is -3.73. The number of amides is 1. The third-order valence-electron chi connectivity index (χ3n) is 2.38. The fourth-order valence-electron chi connectivity index (χ4n) is 1.40. The zero-order valence-electron chi connectivity index (χ0n) is 10.9. The van der Waals surface area contributed by atoms with Crippen LogP contribution in [0.25, 0.3) is 0 Å². The molecule has 0 saturated carbocycles. The van der Waals surface area contributed by atoms with Gasteiger partial charge in [-0.05, 0) is 34.7 Å². The van der Waals surface area contributed by atoms with Crippen LogP contribution in [-0.4, -0.2) is 40.3 Å². The minimum Gasteiger partial charge on any atom is -0.325 e. The molecule has 1 amide bonds. The Morgan fingerprint density at radius 3 is 2.57 bits per heavy atom. The number of aryl methyl sites for hydroxylation is 1. The molecule has 0 unspecified atom stereocenters. The molecule has 2 aromatic rings. The second-order valence-electron chi connectivity index (χ2n) is 3.99. The van der Waals surface area contributed by atoms with Crippen LogP contribution < -0.4 is 10.5 Å². The lowest BCUT2D eigenvalue weighted by Crippen LogP contribution is -2.15. The van der Waals surface area contributed by atoms with Crippen molar-refractivity contribution in [1.82, 2.24) is 20.2 Å². The number of primary sulfonamides is 1. The number of carbonyl (C=O) groups excluding carboxylic acids is 1. The Bertz CT molecular complexity index is 740. The highest BCUT2D eigenvalue weighted by molar-refractivity contribution is 7.99. The number of aromatic nitrogens is 4. The summed E-state index contributed by atoms with van der Waals surface area (Å²) < 4.78 is 23.7. The van der Waals surface area contributed by atoms with E-state index in [0.29, 0.717) is 10.8 Å². The average molecular weight is 328 g/mol. The number of sulfonamides is 1. The topological polar surface area (TPSA) is 133 Å². The van der Waals surface area contributed by atoms with Gasteiger partial charge in [0.25, 0.3) is 0 Å². The van der Waals surface area contributed by atoms with E-state index < -0.39 is 10.0 Å². The van der Waals surface area contributed by atoms with Crippen LogP contribution in [0, 0.1) is 0 Å². The summed E-state index contributed by atoms with van der Waals surface area (Å²) in [6.07, 6.45) is 0. The standard InChI is InChI=1S/C10H12N6O3S2/c1-16-10(13-14-15-16)20-6-9(17)12-7-2-4-8(5-3-7)21(11,18)19/h2-5H,6H2,1H3,(H,12,17)(H2,11,18,19). The molecule has 0 aliphatic heterocycles. The number of hydrogen-bond acceptors (Lipinski definition) is 7. The summed E-state index contributed by atoms with van der Waals surface area (Å²) in [6, 6.07) is 5.58. The molecule has 21 heavy (non-hydrogen) atoms.